The summed E-state index contributed by atoms with van der Waals surface area (Å²) in [6.45, 7) is 2.38. The molecular formula is C13H23N3. The summed E-state index contributed by atoms with van der Waals surface area (Å²) in [5.41, 5.74) is 0. The van der Waals surface area contributed by atoms with Crippen molar-refractivity contribution in [3.8, 4) is 0 Å². The molecular weight excluding hydrogens is 198 g/mol. The molecule has 90 valence electrons. The molecule has 3 aliphatic rings. The molecule has 0 bridgehead atoms. The minimum Gasteiger partial charge on any atom is -0.358 e. The third-order valence-electron chi connectivity index (χ3n) is 4.41. The van der Waals surface area contributed by atoms with E-state index < -0.39 is 0 Å². The monoisotopic (exact) mass is 221 g/mol. The Bertz CT molecular complexity index is 258. The number of hydrogen-bond acceptors (Lipinski definition) is 3. The van der Waals surface area contributed by atoms with E-state index in [9.17, 15) is 0 Å². The highest BCUT2D eigenvalue weighted by molar-refractivity contribution is 5.57. The molecule has 16 heavy (non-hydrogen) atoms. The van der Waals surface area contributed by atoms with Crippen molar-refractivity contribution >= 4 is 6.34 Å². The van der Waals surface area contributed by atoms with E-state index in [0.717, 1.165) is 6.04 Å². The first-order valence-electron chi connectivity index (χ1n) is 6.96. The summed E-state index contributed by atoms with van der Waals surface area (Å²) in [6, 6.07) is 1.97. The zero-order valence-electron chi connectivity index (χ0n) is 10.1. The molecule has 2 atom stereocenters. The Labute approximate surface area is 98.3 Å². The van der Waals surface area contributed by atoms with Gasteiger partial charge in [-0.2, -0.15) is 0 Å². The van der Waals surface area contributed by atoms with Gasteiger partial charge in [-0.1, -0.05) is 19.3 Å². The molecule has 0 amide bonds. The summed E-state index contributed by atoms with van der Waals surface area (Å²) in [6.07, 6.45) is 11.8. The molecule has 0 aromatic heterocycles. The number of aliphatic imine (C=N–C) groups is 1. The average Bonchev–Trinajstić information content (AvgIpc) is 2.39. The van der Waals surface area contributed by atoms with E-state index in [4.69, 9.17) is 4.99 Å². The van der Waals surface area contributed by atoms with Gasteiger partial charge in [-0.05, 0) is 32.2 Å². The van der Waals surface area contributed by atoms with Crippen LogP contribution in [0.15, 0.2) is 4.99 Å². The van der Waals surface area contributed by atoms with E-state index >= 15 is 0 Å². The third-order valence-corrected chi connectivity index (χ3v) is 4.41. The molecule has 2 heterocycles. The zero-order valence-corrected chi connectivity index (χ0v) is 10.1. The molecule has 3 rings (SSSR count). The summed E-state index contributed by atoms with van der Waals surface area (Å²) < 4.78 is 0. The maximum atomic E-state index is 4.75. The highest BCUT2D eigenvalue weighted by atomic mass is 15.2. The van der Waals surface area contributed by atoms with Crippen molar-refractivity contribution in [3.05, 3.63) is 0 Å². The third kappa shape index (κ3) is 2.10. The van der Waals surface area contributed by atoms with Crippen molar-refractivity contribution in [1.82, 2.24) is 10.2 Å². The molecule has 1 aliphatic carbocycles. The number of piperidine rings is 1. The SMILES string of the molecule is C1=NC2CCCNC2CN1C1CCCCC1. The summed E-state index contributed by atoms with van der Waals surface area (Å²) >= 11 is 0. The van der Waals surface area contributed by atoms with Crippen molar-refractivity contribution in [1.29, 1.82) is 0 Å². The van der Waals surface area contributed by atoms with Crippen molar-refractivity contribution < 1.29 is 0 Å². The first-order valence-corrected chi connectivity index (χ1v) is 6.96. The van der Waals surface area contributed by atoms with Gasteiger partial charge >= 0.3 is 0 Å². The molecule has 1 N–H and O–H groups in total. The molecule has 3 nitrogen and oxygen atoms in total. The maximum Gasteiger partial charge on any atom is 0.0857 e. The molecule has 1 saturated carbocycles. The lowest BCUT2D eigenvalue weighted by atomic mass is 9.92. The van der Waals surface area contributed by atoms with Crippen LogP contribution in [-0.4, -0.2) is 42.5 Å². The molecule has 0 aromatic rings. The second kappa shape index (κ2) is 4.74. The first-order chi connectivity index (χ1) is 7.93. The number of rotatable bonds is 1. The number of nitrogens with zero attached hydrogens (tertiary/aromatic N) is 2. The Morgan fingerprint density at radius 1 is 1.06 bits per heavy atom. The standard InChI is InChI=1S/C13H23N3/c1-2-5-11(6-3-1)16-9-13-12(15-10-16)7-4-8-14-13/h10-14H,1-9H2. The van der Waals surface area contributed by atoms with E-state index in [-0.39, 0.29) is 0 Å². The fraction of sp³-hybridized carbons (Fsp3) is 0.923. The number of fused-ring (bicyclic) bond motifs is 1. The van der Waals surface area contributed by atoms with Crippen LogP contribution in [0.4, 0.5) is 0 Å². The van der Waals surface area contributed by atoms with Crippen LogP contribution in [0.5, 0.6) is 0 Å². The second-order valence-corrected chi connectivity index (χ2v) is 5.52. The van der Waals surface area contributed by atoms with Crippen LogP contribution in [-0.2, 0) is 0 Å². The van der Waals surface area contributed by atoms with Gasteiger partial charge in [0.15, 0.2) is 0 Å². The van der Waals surface area contributed by atoms with Crippen LogP contribution in [0.3, 0.4) is 0 Å². The molecule has 3 heteroatoms. The Balaban J connectivity index is 1.64. The van der Waals surface area contributed by atoms with E-state index in [0.29, 0.717) is 12.1 Å². The molecule has 1 saturated heterocycles. The van der Waals surface area contributed by atoms with Gasteiger partial charge in [0.05, 0.1) is 12.4 Å². The summed E-state index contributed by atoms with van der Waals surface area (Å²) in [5, 5.41) is 3.63. The van der Waals surface area contributed by atoms with Crippen LogP contribution in [0, 0.1) is 0 Å². The maximum absolute atomic E-state index is 4.75. The van der Waals surface area contributed by atoms with Crippen LogP contribution < -0.4 is 5.32 Å². The molecule has 2 unspecified atom stereocenters. The van der Waals surface area contributed by atoms with Crippen molar-refractivity contribution in [2.45, 2.75) is 63.1 Å². The van der Waals surface area contributed by atoms with E-state index in [1.807, 2.05) is 0 Å². The van der Waals surface area contributed by atoms with Gasteiger partial charge in [0.1, 0.15) is 0 Å². The number of nitrogens with one attached hydrogen (secondary N) is 1. The van der Waals surface area contributed by atoms with Crippen molar-refractivity contribution in [2.75, 3.05) is 13.1 Å². The van der Waals surface area contributed by atoms with Crippen LogP contribution in [0.25, 0.3) is 0 Å². The minimum absolute atomic E-state index is 0.564. The van der Waals surface area contributed by atoms with Gasteiger partial charge in [-0.25, -0.2) is 0 Å². The Morgan fingerprint density at radius 2 is 1.94 bits per heavy atom. The predicted molar refractivity (Wildman–Crippen MR) is 66.9 cm³/mol. The summed E-state index contributed by atoms with van der Waals surface area (Å²) in [5.74, 6) is 0. The Hall–Kier alpha value is -0.570. The van der Waals surface area contributed by atoms with Crippen LogP contribution >= 0.6 is 0 Å². The van der Waals surface area contributed by atoms with E-state index in [1.165, 1.54) is 58.0 Å². The summed E-state index contributed by atoms with van der Waals surface area (Å²) in [7, 11) is 0. The fourth-order valence-electron chi connectivity index (χ4n) is 3.40. The molecule has 0 aromatic carbocycles. The minimum atomic E-state index is 0.564. The van der Waals surface area contributed by atoms with Gasteiger partial charge < -0.3 is 10.2 Å². The van der Waals surface area contributed by atoms with Gasteiger partial charge in [-0.15, -0.1) is 0 Å². The van der Waals surface area contributed by atoms with Gasteiger partial charge in [-0.3, -0.25) is 4.99 Å². The first kappa shape index (κ1) is 10.6. The van der Waals surface area contributed by atoms with Gasteiger partial charge in [0, 0.05) is 18.6 Å². The van der Waals surface area contributed by atoms with Crippen LogP contribution in [0.2, 0.25) is 0 Å². The smallest absolute Gasteiger partial charge is 0.0857 e. The second-order valence-electron chi connectivity index (χ2n) is 5.52. The Kier molecular flexibility index (Phi) is 3.13. The molecule has 2 aliphatic heterocycles. The zero-order chi connectivity index (χ0) is 10.8. The Morgan fingerprint density at radius 3 is 2.81 bits per heavy atom. The van der Waals surface area contributed by atoms with Crippen molar-refractivity contribution in [3.63, 3.8) is 0 Å². The fourth-order valence-corrected chi connectivity index (χ4v) is 3.40. The highest BCUT2D eigenvalue weighted by Crippen LogP contribution is 2.25. The molecule has 0 radical (unpaired) electrons. The lowest BCUT2D eigenvalue weighted by Crippen LogP contribution is -2.55. The van der Waals surface area contributed by atoms with Crippen LogP contribution in [0.1, 0.15) is 44.9 Å². The normalized spacial score (nSPS) is 36.1. The predicted octanol–water partition coefficient (Wildman–Crippen LogP) is 1.78. The van der Waals surface area contributed by atoms with Gasteiger partial charge in [0.2, 0.25) is 0 Å². The molecule has 0 spiro atoms. The number of hydrogen-bond donors (Lipinski definition) is 1. The quantitative estimate of drug-likeness (QED) is 0.731. The lowest BCUT2D eigenvalue weighted by Gasteiger charge is -2.42. The highest BCUT2D eigenvalue weighted by Gasteiger charge is 2.31. The molecule has 2 fully saturated rings. The topological polar surface area (TPSA) is 27.6 Å². The van der Waals surface area contributed by atoms with E-state index in [1.54, 1.807) is 0 Å². The van der Waals surface area contributed by atoms with Gasteiger partial charge in [0.25, 0.3) is 0 Å². The summed E-state index contributed by atoms with van der Waals surface area (Å²) in [4.78, 5) is 7.26. The lowest BCUT2D eigenvalue weighted by molar-refractivity contribution is 0.192. The average molecular weight is 221 g/mol. The largest absolute Gasteiger partial charge is 0.358 e. The van der Waals surface area contributed by atoms with E-state index in [2.05, 4.69) is 16.6 Å². The van der Waals surface area contributed by atoms with Crippen molar-refractivity contribution in [2.24, 2.45) is 4.99 Å².